The summed E-state index contributed by atoms with van der Waals surface area (Å²) in [6.07, 6.45) is 1.42. The number of nitrogens with one attached hydrogen (secondary N) is 2. The first kappa shape index (κ1) is 12.0. The van der Waals surface area contributed by atoms with Gasteiger partial charge in [-0.2, -0.15) is 0 Å². The van der Waals surface area contributed by atoms with Crippen LogP contribution in [-0.4, -0.2) is 26.6 Å². The Morgan fingerprint density at radius 1 is 1.39 bits per heavy atom. The highest BCUT2D eigenvalue weighted by atomic mass is 16.2. The minimum Gasteiger partial charge on any atom is -0.373 e. The first-order valence-electron chi connectivity index (χ1n) is 5.40. The van der Waals surface area contributed by atoms with E-state index in [9.17, 15) is 9.59 Å². The van der Waals surface area contributed by atoms with Gasteiger partial charge in [-0.05, 0) is 6.92 Å². The Bertz CT molecular complexity index is 674. The molecule has 0 aliphatic heterocycles. The first-order chi connectivity index (χ1) is 8.58. The molecule has 0 radical (unpaired) electrons. The van der Waals surface area contributed by atoms with Crippen molar-refractivity contribution in [3.63, 3.8) is 0 Å². The van der Waals surface area contributed by atoms with E-state index < -0.39 is 11.2 Å². The van der Waals surface area contributed by atoms with Crippen LogP contribution in [0.25, 0.3) is 0 Å². The van der Waals surface area contributed by atoms with Gasteiger partial charge in [-0.1, -0.05) is 0 Å². The molecule has 18 heavy (non-hydrogen) atoms. The number of hydrogen-bond acceptors (Lipinski definition) is 5. The van der Waals surface area contributed by atoms with Crippen molar-refractivity contribution in [1.82, 2.24) is 19.5 Å². The number of aromatic amines is 1. The minimum atomic E-state index is -0.474. The fourth-order valence-electron chi connectivity index (χ4n) is 1.55. The van der Waals surface area contributed by atoms with Crippen molar-refractivity contribution >= 4 is 5.82 Å². The molecule has 0 aliphatic rings. The highest BCUT2D eigenvalue weighted by Crippen LogP contribution is 2.05. The number of aromatic nitrogens is 4. The third kappa shape index (κ3) is 2.62. The molecule has 0 bridgehead atoms. The first-order valence-corrected chi connectivity index (χ1v) is 5.40. The molecule has 2 rings (SSSR count). The van der Waals surface area contributed by atoms with E-state index in [1.165, 1.54) is 16.8 Å². The molecule has 0 aliphatic carbocycles. The normalized spacial score (nSPS) is 10.3. The predicted octanol–water partition coefficient (Wildman–Crippen LogP) is -0.275. The van der Waals surface area contributed by atoms with E-state index >= 15 is 0 Å². The Morgan fingerprint density at radius 2 is 2.17 bits per heavy atom. The van der Waals surface area contributed by atoms with Crippen LogP contribution in [0.2, 0.25) is 0 Å². The molecule has 0 aromatic carbocycles. The van der Waals surface area contributed by atoms with Gasteiger partial charge in [-0.3, -0.25) is 14.3 Å². The van der Waals surface area contributed by atoms with Crippen LogP contribution in [0.5, 0.6) is 0 Å². The molecule has 2 heterocycles. The number of nitrogens with zero attached hydrogens (tertiary/aromatic N) is 3. The summed E-state index contributed by atoms with van der Waals surface area (Å²) in [7, 11) is 1.76. The number of rotatable bonds is 3. The van der Waals surface area contributed by atoms with Gasteiger partial charge in [0.1, 0.15) is 5.82 Å². The molecule has 0 unspecified atom stereocenters. The lowest BCUT2D eigenvalue weighted by Crippen LogP contribution is -2.29. The summed E-state index contributed by atoms with van der Waals surface area (Å²) < 4.78 is 1.34. The lowest BCUT2D eigenvalue weighted by Gasteiger charge is -2.06. The van der Waals surface area contributed by atoms with Crippen molar-refractivity contribution in [2.24, 2.45) is 0 Å². The lowest BCUT2D eigenvalue weighted by molar-refractivity contribution is 0.683. The van der Waals surface area contributed by atoms with Crippen LogP contribution < -0.4 is 16.6 Å². The molecule has 0 fully saturated rings. The van der Waals surface area contributed by atoms with Crippen LogP contribution in [0.1, 0.15) is 11.5 Å². The Labute approximate surface area is 103 Å². The fraction of sp³-hybridized carbons (Fsp3) is 0.273. The van der Waals surface area contributed by atoms with Crippen molar-refractivity contribution < 1.29 is 0 Å². The second kappa shape index (κ2) is 4.82. The van der Waals surface area contributed by atoms with Gasteiger partial charge < -0.3 is 5.32 Å². The van der Waals surface area contributed by atoms with Gasteiger partial charge in [0.05, 0.1) is 6.54 Å². The Hall–Kier alpha value is -2.44. The zero-order valence-electron chi connectivity index (χ0n) is 10.1. The van der Waals surface area contributed by atoms with E-state index in [4.69, 9.17) is 0 Å². The highest BCUT2D eigenvalue weighted by molar-refractivity contribution is 5.34. The monoisotopic (exact) mass is 247 g/mol. The van der Waals surface area contributed by atoms with Gasteiger partial charge >= 0.3 is 5.69 Å². The summed E-state index contributed by atoms with van der Waals surface area (Å²) in [5.41, 5.74) is -0.0854. The SMILES string of the molecule is CNc1cc(C)nc(Cn2ccc(=O)[nH]c2=O)n1. The zero-order valence-corrected chi connectivity index (χ0v) is 10.1. The Morgan fingerprint density at radius 3 is 2.83 bits per heavy atom. The summed E-state index contributed by atoms with van der Waals surface area (Å²) in [5, 5.41) is 2.92. The van der Waals surface area contributed by atoms with Crippen LogP contribution >= 0.6 is 0 Å². The molecule has 94 valence electrons. The molecular formula is C11H13N5O2. The van der Waals surface area contributed by atoms with Gasteiger partial charge in [0.25, 0.3) is 5.56 Å². The summed E-state index contributed by atoms with van der Waals surface area (Å²) in [4.78, 5) is 33.1. The zero-order chi connectivity index (χ0) is 13.1. The van der Waals surface area contributed by atoms with Crippen LogP contribution in [0.3, 0.4) is 0 Å². The van der Waals surface area contributed by atoms with E-state index in [-0.39, 0.29) is 6.54 Å². The standard InChI is InChI=1S/C11H13N5O2/c1-7-5-8(12-2)14-9(13-7)6-16-4-3-10(17)15-11(16)18/h3-5H,6H2,1-2H3,(H,12,13,14)(H,15,17,18). The molecule has 2 N–H and O–H groups in total. The van der Waals surface area contributed by atoms with Gasteiger partial charge in [-0.25, -0.2) is 14.8 Å². The van der Waals surface area contributed by atoms with Crippen molar-refractivity contribution in [2.45, 2.75) is 13.5 Å². The third-order valence-electron chi connectivity index (χ3n) is 2.37. The van der Waals surface area contributed by atoms with Crippen molar-refractivity contribution in [3.05, 3.63) is 50.7 Å². The van der Waals surface area contributed by atoms with Gasteiger partial charge in [0.2, 0.25) is 0 Å². The minimum absolute atomic E-state index is 0.214. The smallest absolute Gasteiger partial charge is 0.328 e. The second-order valence-electron chi connectivity index (χ2n) is 3.80. The summed E-state index contributed by atoms with van der Waals surface area (Å²) in [5.74, 6) is 1.20. The maximum atomic E-state index is 11.5. The maximum absolute atomic E-state index is 11.5. The van der Waals surface area contributed by atoms with Crippen LogP contribution in [0.4, 0.5) is 5.82 Å². The molecule has 0 saturated heterocycles. The maximum Gasteiger partial charge on any atom is 0.328 e. The number of anilines is 1. The molecule has 0 saturated carbocycles. The number of aryl methyl sites for hydroxylation is 1. The van der Waals surface area contributed by atoms with Gasteiger partial charge in [-0.15, -0.1) is 0 Å². The highest BCUT2D eigenvalue weighted by Gasteiger charge is 2.04. The van der Waals surface area contributed by atoms with Crippen LogP contribution in [0, 0.1) is 6.92 Å². The number of H-pyrrole nitrogens is 1. The van der Waals surface area contributed by atoms with E-state index in [0.717, 1.165) is 5.69 Å². The van der Waals surface area contributed by atoms with Crippen molar-refractivity contribution in [1.29, 1.82) is 0 Å². The summed E-state index contributed by atoms with van der Waals surface area (Å²) in [6, 6.07) is 3.09. The van der Waals surface area contributed by atoms with Crippen molar-refractivity contribution in [3.8, 4) is 0 Å². The van der Waals surface area contributed by atoms with Crippen LogP contribution in [0.15, 0.2) is 27.9 Å². The van der Waals surface area contributed by atoms with Crippen LogP contribution in [-0.2, 0) is 6.54 Å². The Balaban J connectivity index is 2.36. The van der Waals surface area contributed by atoms with Gasteiger partial charge in [0.15, 0.2) is 5.82 Å². The fourth-order valence-corrected chi connectivity index (χ4v) is 1.55. The van der Waals surface area contributed by atoms with E-state index in [1.54, 1.807) is 13.1 Å². The molecular weight excluding hydrogens is 234 g/mol. The average molecular weight is 247 g/mol. The quantitative estimate of drug-likeness (QED) is 0.778. The number of hydrogen-bond donors (Lipinski definition) is 2. The average Bonchev–Trinajstić information content (AvgIpc) is 2.32. The third-order valence-corrected chi connectivity index (χ3v) is 2.37. The molecule has 0 atom stereocenters. The second-order valence-corrected chi connectivity index (χ2v) is 3.80. The summed E-state index contributed by atoms with van der Waals surface area (Å²) in [6.45, 7) is 2.06. The van der Waals surface area contributed by atoms with Gasteiger partial charge in [0, 0.05) is 31.1 Å². The largest absolute Gasteiger partial charge is 0.373 e. The molecule has 2 aromatic rings. The van der Waals surface area contributed by atoms with E-state index in [0.29, 0.717) is 11.6 Å². The van der Waals surface area contributed by atoms with E-state index in [1.807, 2.05) is 6.92 Å². The summed E-state index contributed by atoms with van der Waals surface area (Å²) >= 11 is 0. The van der Waals surface area contributed by atoms with E-state index in [2.05, 4.69) is 20.3 Å². The lowest BCUT2D eigenvalue weighted by atomic mass is 10.4. The molecule has 7 heteroatoms. The predicted molar refractivity (Wildman–Crippen MR) is 66.7 cm³/mol. The molecule has 0 amide bonds. The molecule has 2 aromatic heterocycles. The topological polar surface area (TPSA) is 92.7 Å². The molecule has 7 nitrogen and oxygen atoms in total. The molecule has 0 spiro atoms. The van der Waals surface area contributed by atoms with Crippen molar-refractivity contribution in [2.75, 3.05) is 12.4 Å². The Kier molecular flexibility index (Phi) is 3.22.